The summed E-state index contributed by atoms with van der Waals surface area (Å²) in [6.45, 7) is 2.21. The van der Waals surface area contributed by atoms with Gasteiger partial charge in [-0.05, 0) is 119 Å². The Morgan fingerprint density at radius 3 is 1.69 bits per heavy atom. The Morgan fingerprint density at radius 1 is 0.431 bits per heavy atom. The van der Waals surface area contributed by atoms with Crippen molar-refractivity contribution in [3.05, 3.63) is 200 Å². The smallest absolute Gasteiger partial charge is 0.114 e. The number of aromatic nitrogens is 2. The van der Waals surface area contributed by atoms with Crippen molar-refractivity contribution in [1.82, 2.24) is 9.55 Å². The van der Waals surface area contributed by atoms with Gasteiger partial charge in [-0.1, -0.05) is 153 Å². The Kier molecular flexibility index (Phi) is 7.21. The lowest BCUT2D eigenvalue weighted by atomic mass is 9.84. The third-order valence-corrected chi connectivity index (χ3v) is 12.2. The first-order chi connectivity index (χ1) is 28.7. The van der Waals surface area contributed by atoms with Crippen molar-refractivity contribution in [1.29, 1.82) is 0 Å². The molecule has 12 rings (SSSR count). The van der Waals surface area contributed by atoms with Gasteiger partial charge < -0.3 is 4.90 Å². The van der Waals surface area contributed by atoms with Crippen LogP contribution in [-0.4, -0.2) is 9.55 Å². The maximum atomic E-state index is 5.23. The van der Waals surface area contributed by atoms with Crippen molar-refractivity contribution in [3.63, 3.8) is 0 Å². The van der Waals surface area contributed by atoms with E-state index < -0.39 is 0 Å². The zero-order valence-electron chi connectivity index (χ0n) is 32.0. The van der Waals surface area contributed by atoms with Gasteiger partial charge in [-0.15, -0.1) is 0 Å². The van der Waals surface area contributed by atoms with Crippen LogP contribution in [0.25, 0.3) is 93.2 Å². The molecule has 10 aromatic carbocycles. The highest BCUT2D eigenvalue weighted by atomic mass is 15.2. The van der Waals surface area contributed by atoms with Crippen LogP contribution >= 0.6 is 0 Å². The van der Waals surface area contributed by atoms with Gasteiger partial charge in [0, 0.05) is 17.7 Å². The number of rotatable bonds is 5. The fourth-order valence-electron chi connectivity index (χ4n) is 9.64. The molecule has 2 heterocycles. The van der Waals surface area contributed by atoms with Crippen molar-refractivity contribution in [3.8, 4) is 39.1 Å². The van der Waals surface area contributed by atoms with E-state index in [2.05, 4.69) is 211 Å². The first-order valence-electron chi connectivity index (χ1n) is 20.2. The number of imidazole rings is 1. The fraction of sp³-hybridized carbons (Fsp3) is 0.0364. The lowest BCUT2D eigenvalue weighted by Crippen LogP contribution is -2.19. The van der Waals surface area contributed by atoms with Crippen molar-refractivity contribution < 1.29 is 0 Å². The van der Waals surface area contributed by atoms with Crippen molar-refractivity contribution >= 4 is 71.2 Å². The third-order valence-electron chi connectivity index (χ3n) is 12.2. The molecule has 0 bridgehead atoms. The van der Waals surface area contributed by atoms with Crippen LogP contribution < -0.4 is 4.90 Å². The van der Waals surface area contributed by atoms with E-state index in [1.54, 1.807) is 0 Å². The summed E-state index contributed by atoms with van der Waals surface area (Å²) in [4.78, 5) is 7.64. The minimum atomic E-state index is 0.818. The van der Waals surface area contributed by atoms with E-state index >= 15 is 0 Å². The summed E-state index contributed by atoms with van der Waals surface area (Å²) in [5.41, 5.74) is 14.0. The molecule has 1 aliphatic heterocycles. The maximum absolute atomic E-state index is 5.23. The molecule has 0 unspecified atom stereocenters. The normalized spacial score (nSPS) is 12.3. The van der Waals surface area contributed by atoms with Crippen LogP contribution in [0.3, 0.4) is 0 Å². The summed E-state index contributed by atoms with van der Waals surface area (Å²) in [5, 5.41) is 9.93. The molecule has 3 heteroatoms. The molecular formula is C55H37N3. The Balaban J connectivity index is 1.19. The summed E-state index contributed by atoms with van der Waals surface area (Å²) in [6, 6.07) is 71.4. The van der Waals surface area contributed by atoms with Crippen LogP contribution in [-0.2, 0) is 6.42 Å². The molecular weight excluding hydrogens is 703 g/mol. The monoisotopic (exact) mass is 739 g/mol. The predicted octanol–water partition coefficient (Wildman–Crippen LogP) is 15.0. The minimum absolute atomic E-state index is 0.818. The van der Waals surface area contributed by atoms with E-state index in [0.717, 1.165) is 46.0 Å². The Bertz CT molecular complexity index is 3450. The quantitative estimate of drug-likeness (QED) is 0.164. The highest BCUT2D eigenvalue weighted by Crippen LogP contribution is 2.51. The molecule has 0 amide bonds. The number of hydrogen-bond acceptors (Lipinski definition) is 2. The van der Waals surface area contributed by atoms with Gasteiger partial charge in [0.1, 0.15) is 5.82 Å². The van der Waals surface area contributed by atoms with Gasteiger partial charge in [0.2, 0.25) is 0 Å². The number of aryl methyl sites for hydroxylation is 1. The van der Waals surface area contributed by atoms with Crippen LogP contribution in [0.2, 0.25) is 0 Å². The van der Waals surface area contributed by atoms with Gasteiger partial charge >= 0.3 is 0 Å². The summed E-state index contributed by atoms with van der Waals surface area (Å²) < 4.78 is 2.43. The maximum Gasteiger partial charge on any atom is 0.114 e. The van der Waals surface area contributed by atoms with Crippen molar-refractivity contribution in [2.45, 2.75) is 13.3 Å². The van der Waals surface area contributed by atoms with Crippen LogP contribution in [0.4, 0.5) is 17.1 Å². The van der Waals surface area contributed by atoms with Crippen LogP contribution in [0.1, 0.15) is 12.7 Å². The average Bonchev–Trinajstić information content (AvgIpc) is 3.67. The molecule has 3 nitrogen and oxygen atoms in total. The molecule has 1 aliphatic rings. The lowest BCUT2D eigenvalue weighted by molar-refractivity contribution is 0.901. The third kappa shape index (κ3) is 4.83. The highest BCUT2D eigenvalue weighted by Gasteiger charge is 2.31. The molecule has 0 N–H and O–H groups in total. The molecule has 0 atom stereocenters. The summed E-state index contributed by atoms with van der Waals surface area (Å²) >= 11 is 0. The average molecular weight is 740 g/mol. The molecule has 0 saturated carbocycles. The second-order valence-corrected chi connectivity index (χ2v) is 15.4. The highest BCUT2D eigenvalue weighted by molar-refractivity contribution is 6.23. The zero-order chi connectivity index (χ0) is 38.3. The van der Waals surface area contributed by atoms with Gasteiger partial charge in [-0.2, -0.15) is 0 Å². The number of fused-ring (bicyclic) bond motifs is 6. The second-order valence-electron chi connectivity index (χ2n) is 15.4. The van der Waals surface area contributed by atoms with E-state index in [4.69, 9.17) is 4.98 Å². The van der Waals surface area contributed by atoms with Gasteiger partial charge in [-0.25, -0.2) is 4.98 Å². The molecule has 0 fully saturated rings. The molecule has 58 heavy (non-hydrogen) atoms. The standard InChI is InChI=1S/C55H37N3/c1-2-51-56-48-23-13-25-50-55(48)58(51)54-43(22-12-24-49(54)57(50)42-18-4-3-5-19-42)39-30-31-46-47(34-39)53(41-29-27-36-15-7-9-17-38(36)33-41)45-21-11-10-20-44(45)52(46)40-28-26-35-14-6-8-16-37(35)32-40/h3-34H,2H2,1H3. The number of benzene rings is 10. The number of nitrogens with zero attached hydrogens (tertiary/aromatic N) is 3. The topological polar surface area (TPSA) is 21.1 Å². The van der Waals surface area contributed by atoms with E-state index in [9.17, 15) is 0 Å². The lowest BCUT2D eigenvalue weighted by Gasteiger charge is -2.34. The van der Waals surface area contributed by atoms with E-state index in [1.807, 2.05) is 0 Å². The van der Waals surface area contributed by atoms with Crippen LogP contribution in [0, 0.1) is 0 Å². The molecule has 272 valence electrons. The first kappa shape index (κ1) is 32.7. The first-order valence-corrected chi connectivity index (χ1v) is 20.2. The molecule has 0 aliphatic carbocycles. The van der Waals surface area contributed by atoms with Gasteiger partial charge in [0.15, 0.2) is 0 Å². The Hall–Kier alpha value is -7.49. The van der Waals surface area contributed by atoms with Crippen molar-refractivity contribution in [2.24, 2.45) is 0 Å². The Labute approximate surface area is 336 Å². The molecule has 0 spiro atoms. The number of anilines is 3. The van der Waals surface area contributed by atoms with E-state index in [-0.39, 0.29) is 0 Å². The minimum Gasteiger partial charge on any atom is -0.306 e. The molecule has 0 saturated heterocycles. The second kappa shape index (κ2) is 12.8. The number of para-hydroxylation sites is 3. The largest absolute Gasteiger partial charge is 0.306 e. The summed E-state index contributed by atoms with van der Waals surface area (Å²) in [7, 11) is 0. The van der Waals surface area contributed by atoms with E-state index in [0.29, 0.717) is 0 Å². The van der Waals surface area contributed by atoms with Gasteiger partial charge in [-0.3, -0.25) is 4.57 Å². The Morgan fingerprint density at radius 2 is 1.00 bits per heavy atom. The fourth-order valence-corrected chi connectivity index (χ4v) is 9.64. The molecule has 1 aromatic heterocycles. The number of hydrogen-bond donors (Lipinski definition) is 0. The van der Waals surface area contributed by atoms with Crippen LogP contribution in [0.15, 0.2) is 194 Å². The summed E-state index contributed by atoms with van der Waals surface area (Å²) in [5.74, 6) is 1.06. The van der Waals surface area contributed by atoms with Gasteiger partial charge in [0.25, 0.3) is 0 Å². The van der Waals surface area contributed by atoms with E-state index in [1.165, 1.54) is 76.5 Å². The summed E-state index contributed by atoms with van der Waals surface area (Å²) in [6.07, 6.45) is 0.818. The van der Waals surface area contributed by atoms with Crippen molar-refractivity contribution in [2.75, 3.05) is 4.90 Å². The molecule has 11 aromatic rings. The van der Waals surface area contributed by atoms with Crippen LogP contribution in [0.5, 0.6) is 0 Å². The van der Waals surface area contributed by atoms with Gasteiger partial charge in [0.05, 0.1) is 28.1 Å². The SMILES string of the molecule is CCc1nc2cccc3c2n1-c1c(-c2ccc4c(-c5ccc6ccccc6c5)c5ccccc5c(-c5ccc6ccccc6c5)c4c2)cccc1N3c1ccccc1. The zero-order valence-corrected chi connectivity index (χ0v) is 32.0. The molecule has 0 radical (unpaired) electrons. The predicted molar refractivity (Wildman–Crippen MR) is 245 cm³/mol.